The van der Waals surface area contributed by atoms with Gasteiger partial charge in [-0.3, -0.25) is 14.5 Å². The maximum absolute atomic E-state index is 15.0. The number of fused-ring (bicyclic) bond motifs is 4. The normalized spacial score (nSPS) is 23.5. The zero-order valence-corrected chi connectivity index (χ0v) is 37.9. The monoisotopic (exact) mass is 886 g/mol. The Morgan fingerprint density at radius 3 is 2.33 bits per heavy atom. The molecule has 0 radical (unpaired) electrons. The highest BCUT2D eigenvalue weighted by molar-refractivity contribution is 8.32. The van der Waals surface area contributed by atoms with Crippen LogP contribution in [0, 0.1) is 23.7 Å². The number of carbonyl (C=O) groups excluding carboxylic acids is 3. The second kappa shape index (κ2) is 17.5. The number of aliphatic hydroxyl groups is 1. The molecule has 5 aromatic rings. The molecule has 13 nitrogen and oxygen atoms in total. The van der Waals surface area contributed by atoms with Crippen LogP contribution in [0.4, 0.5) is 13.6 Å². The molecular weight excluding hydrogens is 827 g/mol. The molecule has 338 valence electrons. The summed E-state index contributed by atoms with van der Waals surface area (Å²) in [4.78, 5) is 58.9. The number of ether oxygens (including phenoxy) is 1. The van der Waals surface area contributed by atoms with Gasteiger partial charge in [-0.25, -0.2) is 33.6 Å². The van der Waals surface area contributed by atoms with Gasteiger partial charge < -0.3 is 35.3 Å². The van der Waals surface area contributed by atoms with Crippen LogP contribution in [0.5, 0.6) is 0 Å². The Labute approximate surface area is 368 Å². The number of nitrogens with zero attached hydrogens (tertiary/aromatic N) is 4. The average Bonchev–Trinajstić information content (AvgIpc) is 4.04. The largest absolute Gasteiger partial charge is 0.453 e. The number of methoxy groups -OCH3 is 1. The fourth-order valence-corrected chi connectivity index (χ4v) is 13.3. The van der Waals surface area contributed by atoms with Crippen LogP contribution in [0.3, 0.4) is 0 Å². The molecule has 0 aliphatic carbocycles. The van der Waals surface area contributed by atoms with Gasteiger partial charge in [0.05, 0.1) is 48.7 Å². The Hall–Kier alpha value is -5.06. The molecule has 3 aromatic carbocycles. The van der Waals surface area contributed by atoms with Crippen LogP contribution in [-0.4, -0.2) is 128 Å². The summed E-state index contributed by atoms with van der Waals surface area (Å²) in [5, 5.41) is 16.7. The van der Waals surface area contributed by atoms with Gasteiger partial charge in [-0.2, -0.15) is 0 Å². The summed E-state index contributed by atoms with van der Waals surface area (Å²) >= 11 is 0. The number of imidazole rings is 2. The molecule has 2 aromatic heterocycles. The van der Waals surface area contributed by atoms with Crippen molar-refractivity contribution in [1.82, 2.24) is 40.4 Å². The Morgan fingerprint density at radius 2 is 1.63 bits per heavy atom. The van der Waals surface area contributed by atoms with Crippen molar-refractivity contribution in [3.63, 3.8) is 0 Å². The van der Waals surface area contributed by atoms with Crippen LogP contribution in [0.2, 0.25) is 0 Å². The van der Waals surface area contributed by atoms with E-state index in [1.165, 1.54) is 12.9 Å². The van der Waals surface area contributed by atoms with E-state index >= 15 is 0 Å². The molecular formula is C47H60F2N8O5S. The van der Waals surface area contributed by atoms with Crippen molar-refractivity contribution >= 4 is 49.7 Å². The Bertz CT molecular complexity index is 2490. The molecule has 63 heavy (non-hydrogen) atoms. The molecule has 0 unspecified atom stereocenters. The Balaban J connectivity index is 1.01. The fraction of sp³-hybridized carbons (Fsp3) is 0.511. The minimum atomic E-state index is -2.92. The van der Waals surface area contributed by atoms with Gasteiger partial charge >= 0.3 is 6.09 Å². The first-order chi connectivity index (χ1) is 29.9. The fourth-order valence-electron chi connectivity index (χ4n) is 10.1. The van der Waals surface area contributed by atoms with Crippen molar-refractivity contribution in [3.8, 4) is 22.4 Å². The lowest BCUT2D eigenvalue weighted by Crippen LogP contribution is -2.55. The SMILES string of the molecule is COC(=O)N[C@H](C(=O)N1C[C@H]2CS(C)(C)C[C@@H]2C[C@H]1c1ncc(-c2ccc(-c3ccc4c(ccc5[nH]c([C@@H]6CC(F)(F)CN6C[C@@H](NC(=O)CO)C(C)C)nc54)c3)cc2)[nH]1)C(C)C. The Kier molecular flexibility index (Phi) is 12.4. The summed E-state index contributed by atoms with van der Waals surface area (Å²) in [5.41, 5.74) is 5.28. The van der Waals surface area contributed by atoms with Crippen molar-refractivity contribution in [2.24, 2.45) is 23.7 Å². The van der Waals surface area contributed by atoms with Crippen LogP contribution in [0.25, 0.3) is 44.2 Å². The lowest BCUT2D eigenvalue weighted by atomic mass is 9.83. The lowest BCUT2D eigenvalue weighted by molar-refractivity contribution is -0.140. The summed E-state index contributed by atoms with van der Waals surface area (Å²) in [6, 6.07) is 16.3. The summed E-state index contributed by atoms with van der Waals surface area (Å²) in [5.74, 6) is 0.686. The predicted octanol–water partition coefficient (Wildman–Crippen LogP) is 7.25. The van der Waals surface area contributed by atoms with Crippen LogP contribution in [0.15, 0.2) is 60.8 Å². The van der Waals surface area contributed by atoms with Crippen molar-refractivity contribution < 1.29 is 33.0 Å². The zero-order chi connectivity index (χ0) is 45.0. The smallest absolute Gasteiger partial charge is 0.407 e. The van der Waals surface area contributed by atoms with E-state index in [4.69, 9.17) is 14.7 Å². The Morgan fingerprint density at radius 1 is 0.921 bits per heavy atom. The molecule has 5 heterocycles. The molecule has 3 aliphatic rings. The number of amides is 3. The molecule has 6 atom stereocenters. The topological polar surface area (TPSA) is 169 Å². The number of alkyl carbamates (subject to hydrolysis) is 1. The molecule has 5 N–H and O–H groups in total. The van der Waals surface area contributed by atoms with Crippen molar-refractivity contribution in [1.29, 1.82) is 0 Å². The standard InChI is InChI=1S/C47H60F2N8O5S/c1-26(2)37(51-40(59)22-58)21-56-25-47(48,49)18-39(56)44-52-35-15-13-31-16-30(12-14-34(31)42(35)54-44)28-8-10-29(11-9-28)36-19-50-43(53-36)38-17-32-23-63(6,7)24-33(32)20-57(38)45(60)41(27(3)4)55-46(61)62-5/h8-16,19,26-27,32-33,37-39,41,58H,17-18,20-25H2,1-7H3,(H,50,53)(H,51,59)(H,52,54)(H,55,61)/t32-,33-,37+,38-,39-,41-/m0/s1. The predicted molar refractivity (Wildman–Crippen MR) is 244 cm³/mol. The van der Waals surface area contributed by atoms with E-state index in [-0.39, 0.29) is 30.3 Å². The highest BCUT2D eigenvalue weighted by Crippen LogP contribution is 2.56. The number of aromatic amines is 2. The van der Waals surface area contributed by atoms with E-state index in [0.29, 0.717) is 29.7 Å². The third-order valence-corrected chi connectivity index (χ3v) is 16.0. The lowest BCUT2D eigenvalue weighted by Gasteiger charge is -2.42. The molecule has 3 fully saturated rings. The van der Waals surface area contributed by atoms with E-state index in [0.717, 1.165) is 56.7 Å². The molecule has 8 rings (SSSR count). The van der Waals surface area contributed by atoms with E-state index in [2.05, 4.69) is 63.4 Å². The number of hydrogen-bond donors (Lipinski definition) is 5. The first-order valence-corrected chi connectivity index (χ1v) is 24.6. The quantitative estimate of drug-likeness (QED) is 0.0874. The van der Waals surface area contributed by atoms with E-state index in [9.17, 15) is 28.3 Å². The number of carbonyl (C=O) groups is 3. The highest BCUT2D eigenvalue weighted by atomic mass is 32.3. The van der Waals surface area contributed by atoms with E-state index in [1.807, 2.05) is 63.1 Å². The summed E-state index contributed by atoms with van der Waals surface area (Å²) in [6.45, 7) is 7.40. The number of rotatable bonds is 12. The molecule has 0 saturated carbocycles. The summed E-state index contributed by atoms with van der Waals surface area (Å²) < 4.78 is 34.8. The molecule has 3 amide bonds. The molecule has 16 heteroatoms. The first-order valence-electron chi connectivity index (χ1n) is 21.9. The van der Waals surface area contributed by atoms with Crippen LogP contribution >= 0.6 is 10.0 Å². The number of nitrogens with one attached hydrogen (secondary N) is 4. The number of benzene rings is 3. The number of halogens is 2. The molecule has 3 aliphatic heterocycles. The first kappa shape index (κ1) is 44.5. The van der Waals surface area contributed by atoms with E-state index in [1.54, 1.807) is 4.90 Å². The number of alkyl halides is 2. The maximum atomic E-state index is 15.0. The molecule has 3 saturated heterocycles. The van der Waals surface area contributed by atoms with Gasteiger partial charge in [0.2, 0.25) is 11.8 Å². The van der Waals surface area contributed by atoms with Gasteiger partial charge in [-0.1, -0.05) is 70.2 Å². The second-order valence-electron chi connectivity index (χ2n) is 19.1. The van der Waals surface area contributed by atoms with Gasteiger partial charge in [0.1, 0.15) is 24.3 Å². The number of aromatic nitrogens is 4. The van der Waals surface area contributed by atoms with Crippen molar-refractivity contribution in [2.75, 3.05) is 57.4 Å². The van der Waals surface area contributed by atoms with Crippen LogP contribution < -0.4 is 10.6 Å². The van der Waals surface area contributed by atoms with Crippen LogP contribution in [0.1, 0.15) is 64.3 Å². The van der Waals surface area contributed by atoms with Crippen molar-refractivity contribution in [3.05, 3.63) is 72.4 Å². The zero-order valence-electron chi connectivity index (χ0n) is 37.1. The number of hydrogen-bond acceptors (Lipinski definition) is 8. The number of H-pyrrole nitrogens is 2. The molecule has 0 bridgehead atoms. The average molecular weight is 887 g/mol. The highest BCUT2D eigenvalue weighted by Gasteiger charge is 2.49. The van der Waals surface area contributed by atoms with Gasteiger partial charge in [0.25, 0.3) is 5.92 Å². The number of piperidine rings is 1. The van der Waals surface area contributed by atoms with Gasteiger partial charge in [0, 0.05) is 30.9 Å². The summed E-state index contributed by atoms with van der Waals surface area (Å²) in [7, 11) is 0.555. The number of aliphatic hydroxyl groups excluding tert-OH is 1. The van der Waals surface area contributed by atoms with Crippen molar-refractivity contribution in [2.45, 2.75) is 70.6 Å². The third kappa shape index (κ3) is 9.30. The summed E-state index contributed by atoms with van der Waals surface area (Å²) in [6.07, 6.45) is 6.40. The second-order valence-corrected chi connectivity index (χ2v) is 23.3. The van der Waals surface area contributed by atoms with E-state index < -0.39 is 65.6 Å². The minimum absolute atomic E-state index is 0.0357. The molecule has 0 spiro atoms. The van der Waals surface area contributed by atoms with Gasteiger partial charge in [-0.15, -0.1) is 0 Å². The third-order valence-electron chi connectivity index (χ3n) is 13.3. The van der Waals surface area contributed by atoms with Gasteiger partial charge in [0.15, 0.2) is 0 Å². The number of likely N-dealkylation sites (tertiary alicyclic amines) is 2. The van der Waals surface area contributed by atoms with Gasteiger partial charge in [-0.05, 0) is 88.3 Å². The minimum Gasteiger partial charge on any atom is -0.453 e. The maximum Gasteiger partial charge on any atom is 0.407 e. The van der Waals surface area contributed by atoms with Crippen LogP contribution in [-0.2, 0) is 14.3 Å².